The number of aromatic nitrogens is 5. The molecule has 0 radical (unpaired) electrons. The van der Waals surface area contributed by atoms with Crippen molar-refractivity contribution < 1.29 is 0 Å². The van der Waals surface area contributed by atoms with Gasteiger partial charge < -0.3 is 9.88 Å². The molecule has 1 saturated heterocycles. The van der Waals surface area contributed by atoms with Gasteiger partial charge in [-0.05, 0) is 25.0 Å². The number of hydrogen-bond donors (Lipinski definition) is 1. The Morgan fingerprint density at radius 1 is 1.35 bits per heavy atom. The van der Waals surface area contributed by atoms with E-state index in [9.17, 15) is 0 Å². The predicted octanol–water partition coefficient (Wildman–Crippen LogP) is 1.82. The monoisotopic (exact) mass is 268 g/mol. The molecule has 1 aliphatic rings. The van der Waals surface area contributed by atoms with E-state index in [1.165, 1.54) is 12.8 Å². The first kappa shape index (κ1) is 11.5. The second-order valence-electron chi connectivity index (χ2n) is 5.15. The Morgan fingerprint density at radius 3 is 3.25 bits per heavy atom. The van der Waals surface area contributed by atoms with E-state index in [2.05, 4.69) is 25.0 Å². The topological polar surface area (TPSA) is 62.6 Å². The van der Waals surface area contributed by atoms with E-state index in [4.69, 9.17) is 0 Å². The third-order valence-corrected chi connectivity index (χ3v) is 3.94. The van der Waals surface area contributed by atoms with Crippen LogP contribution >= 0.6 is 0 Å². The SMILES string of the molecule is c1cnn(C[C@@H]2CCCN2c2ncnc3[nH]ccc23)c1. The van der Waals surface area contributed by atoms with E-state index in [-0.39, 0.29) is 0 Å². The number of hydrogen-bond acceptors (Lipinski definition) is 4. The zero-order valence-corrected chi connectivity index (χ0v) is 11.1. The maximum absolute atomic E-state index is 4.51. The first-order chi connectivity index (χ1) is 9.92. The third-order valence-electron chi connectivity index (χ3n) is 3.94. The Morgan fingerprint density at radius 2 is 2.35 bits per heavy atom. The van der Waals surface area contributed by atoms with Crippen molar-refractivity contribution in [2.24, 2.45) is 0 Å². The van der Waals surface area contributed by atoms with Crippen LogP contribution in [0.15, 0.2) is 37.1 Å². The van der Waals surface area contributed by atoms with Crippen LogP contribution in [0.5, 0.6) is 0 Å². The summed E-state index contributed by atoms with van der Waals surface area (Å²) >= 11 is 0. The van der Waals surface area contributed by atoms with E-state index in [0.717, 1.165) is 29.9 Å². The molecule has 4 rings (SSSR count). The first-order valence-electron chi connectivity index (χ1n) is 6.94. The summed E-state index contributed by atoms with van der Waals surface area (Å²) < 4.78 is 2.00. The van der Waals surface area contributed by atoms with Gasteiger partial charge in [-0.1, -0.05) is 0 Å². The van der Waals surface area contributed by atoms with Gasteiger partial charge in [0.1, 0.15) is 17.8 Å². The molecule has 1 atom stereocenters. The van der Waals surface area contributed by atoms with Gasteiger partial charge in [0.15, 0.2) is 0 Å². The van der Waals surface area contributed by atoms with Crippen molar-refractivity contribution in [1.82, 2.24) is 24.7 Å². The number of nitrogens with zero attached hydrogens (tertiary/aromatic N) is 5. The van der Waals surface area contributed by atoms with Gasteiger partial charge in [0.2, 0.25) is 0 Å². The van der Waals surface area contributed by atoms with Gasteiger partial charge in [0.05, 0.1) is 18.0 Å². The van der Waals surface area contributed by atoms with Crippen molar-refractivity contribution in [2.45, 2.75) is 25.4 Å². The third kappa shape index (κ3) is 1.84. The summed E-state index contributed by atoms with van der Waals surface area (Å²) in [6.07, 6.45) is 9.77. The molecule has 0 unspecified atom stereocenters. The van der Waals surface area contributed by atoms with Crippen LogP contribution in [0.1, 0.15) is 12.8 Å². The second-order valence-corrected chi connectivity index (χ2v) is 5.15. The number of H-pyrrole nitrogens is 1. The van der Waals surface area contributed by atoms with Crippen LogP contribution in [-0.2, 0) is 6.54 Å². The van der Waals surface area contributed by atoms with Gasteiger partial charge in [-0.15, -0.1) is 0 Å². The Kier molecular flexibility index (Phi) is 2.65. The lowest BCUT2D eigenvalue weighted by atomic mass is 10.2. The van der Waals surface area contributed by atoms with Crippen molar-refractivity contribution in [3.63, 3.8) is 0 Å². The molecule has 102 valence electrons. The number of fused-ring (bicyclic) bond motifs is 1. The van der Waals surface area contributed by atoms with Crippen LogP contribution < -0.4 is 4.90 Å². The van der Waals surface area contributed by atoms with Crippen molar-refractivity contribution in [3.8, 4) is 0 Å². The highest BCUT2D eigenvalue weighted by Crippen LogP contribution is 2.29. The molecule has 6 nitrogen and oxygen atoms in total. The smallest absolute Gasteiger partial charge is 0.142 e. The van der Waals surface area contributed by atoms with Gasteiger partial charge >= 0.3 is 0 Å². The van der Waals surface area contributed by atoms with Crippen LogP contribution in [0.4, 0.5) is 5.82 Å². The highest BCUT2D eigenvalue weighted by atomic mass is 15.3. The molecule has 0 aliphatic carbocycles. The summed E-state index contributed by atoms with van der Waals surface area (Å²) in [5.74, 6) is 1.03. The fourth-order valence-corrected chi connectivity index (χ4v) is 3.02. The summed E-state index contributed by atoms with van der Waals surface area (Å²) in [6.45, 7) is 1.95. The molecule has 0 amide bonds. The number of nitrogens with one attached hydrogen (secondary N) is 1. The van der Waals surface area contributed by atoms with Gasteiger partial charge in [-0.2, -0.15) is 5.10 Å². The lowest BCUT2D eigenvalue weighted by molar-refractivity contribution is 0.508. The quantitative estimate of drug-likeness (QED) is 0.787. The Hall–Kier alpha value is -2.37. The van der Waals surface area contributed by atoms with Crippen LogP contribution in [0.2, 0.25) is 0 Å². The highest BCUT2D eigenvalue weighted by molar-refractivity contribution is 5.87. The summed E-state index contributed by atoms with van der Waals surface area (Å²) in [4.78, 5) is 14.3. The molecule has 1 fully saturated rings. The van der Waals surface area contributed by atoms with Crippen LogP contribution in [0.3, 0.4) is 0 Å². The van der Waals surface area contributed by atoms with Crippen molar-refractivity contribution in [1.29, 1.82) is 0 Å². The van der Waals surface area contributed by atoms with Crippen molar-refractivity contribution >= 4 is 16.9 Å². The number of anilines is 1. The number of rotatable bonds is 3. The van der Waals surface area contributed by atoms with E-state index >= 15 is 0 Å². The molecule has 0 aromatic carbocycles. The van der Waals surface area contributed by atoms with Gasteiger partial charge in [0.25, 0.3) is 0 Å². The zero-order valence-electron chi connectivity index (χ0n) is 11.1. The maximum atomic E-state index is 4.51. The van der Waals surface area contributed by atoms with E-state index in [1.807, 2.05) is 35.4 Å². The normalized spacial score (nSPS) is 19.0. The van der Waals surface area contributed by atoms with Crippen LogP contribution in [0, 0.1) is 0 Å². The molecule has 3 aromatic heterocycles. The van der Waals surface area contributed by atoms with E-state index in [0.29, 0.717) is 6.04 Å². The summed E-state index contributed by atoms with van der Waals surface area (Å²) in [5.41, 5.74) is 0.903. The van der Waals surface area contributed by atoms with Crippen LogP contribution in [0.25, 0.3) is 11.0 Å². The average Bonchev–Trinajstić information content (AvgIpc) is 3.19. The van der Waals surface area contributed by atoms with Gasteiger partial charge in [-0.25, -0.2) is 9.97 Å². The Balaban J connectivity index is 1.68. The summed E-state index contributed by atoms with van der Waals surface area (Å²) in [7, 11) is 0. The van der Waals surface area contributed by atoms with E-state index < -0.39 is 0 Å². The first-order valence-corrected chi connectivity index (χ1v) is 6.94. The molecular weight excluding hydrogens is 252 g/mol. The lowest BCUT2D eigenvalue weighted by Gasteiger charge is -2.26. The predicted molar refractivity (Wildman–Crippen MR) is 76.5 cm³/mol. The molecule has 0 bridgehead atoms. The average molecular weight is 268 g/mol. The Bertz CT molecular complexity index is 701. The minimum absolute atomic E-state index is 0.447. The lowest BCUT2D eigenvalue weighted by Crippen LogP contribution is -2.33. The molecule has 0 spiro atoms. The standard InChI is InChI=1S/C14H16N6/c1-3-11(9-19-7-2-5-18-19)20(8-1)14-12-4-6-15-13(12)16-10-17-14/h2,4-7,10-11H,1,3,8-9H2,(H,15,16,17)/t11-/m0/s1. The minimum atomic E-state index is 0.447. The van der Waals surface area contributed by atoms with Crippen molar-refractivity contribution in [2.75, 3.05) is 11.4 Å². The largest absolute Gasteiger partial charge is 0.351 e. The van der Waals surface area contributed by atoms with Crippen molar-refractivity contribution in [3.05, 3.63) is 37.1 Å². The second kappa shape index (κ2) is 4.63. The van der Waals surface area contributed by atoms with E-state index in [1.54, 1.807) is 6.33 Å². The number of aromatic amines is 1. The zero-order chi connectivity index (χ0) is 13.4. The molecule has 4 heterocycles. The summed E-state index contributed by atoms with van der Waals surface area (Å²) in [6, 6.07) is 4.46. The fourth-order valence-electron chi connectivity index (χ4n) is 3.02. The summed E-state index contributed by atoms with van der Waals surface area (Å²) in [5, 5.41) is 5.41. The fraction of sp³-hybridized carbons (Fsp3) is 0.357. The Labute approximate surface area is 116 Å². The molecule has 1 N–H and O–H groups in total. The van der Waals surface area contributed by atoms with Crippen LogP contribution in [-0.4, -0.2) is 37.3 Å². The van der Waals surface area contributed by atoms with Gasteiger partial charge in [0, 0.05) is 25.1 Å². The molecular formula is C14H16N6. The minimum Gasteiger partial charge on any atom is -0.351 e. The molecule has 0 saturated carbocycles. The highest BCUT2D eigenvalue weighted by Gasteiger charge is 2.27. The van der Waals surface area contributed by atoms with Gasteiger partial charge in [-0.3, -0.25) is 4.68 Å². The maximum Gasteiger partial charge on any atom is 0.142 e. The molecule has 20 heavy (non-hydrogen) atoms. The molecule has 3 aromatic rings. The molecule has 1 aliphatic heterocycles. The molecule has 6 heteroatoms.